The second-order valence-electron chi connectivity index (χ2n) is 5.93. The zero-order chi connectivity index (χ0) is 19.3. The number of fused-ring (bicyclic) bond motifs is 1. The second kappa shape index (κ2) is 8.01. The number of hydrogen-bond donors (Lipinski definition) is 2. The van der Waals surface area contributed by atoms with Crippen molar-refractivity contribution in [2.75, 3.05) is 13.9 Å². The average Bonchev–Trinajstić information content (AvgIpc) is 3.45. The van der Waals surface area contributed by atoms with E-state index in [1.165, 1.54) is 6.26 Å². The fourth-order valence-electron chi connectivity index (χ4n) is 2.58. The maximum Gasteiger partial charge on any atom is 0.273 e. The number of ether oxygens (including phenoxy) is 4. The molecule has 0 unspecified atom stereocenters. The molecule has 0 spiro atoms. The quantitative estimate of drug-likeness (QED) is 0.601. The smallest absolute Gasteiger partial charge is 0.273 e. The van der Waals surface area contributed by atoms with E-state index in [0.29, 0.717) is 23.9 Å². The minimum atomic E-state index is -0.360. The van der Waals surface area contributed by atoms with Crippen LogP contribution in [0.4, 0.5) is 0 Å². The second-order valence-corrected chi connectivity index (χ2v) is 5.93. The van der Waals surface area contributed by atoms with Gasteiger partial charge in [-0.1, -0.05) is 0 Å². The molecule has 1 aromatic carbocycles. The first-order valence-electron chi connectivity index (χ1n) is 8.48. The fourth-order valence-corrected chi connectivity index (χ4v) is 2.58. The van der Waals surface area contributed by atoms with Crippen molar-refractivity contribution in [3.63, 3.8) is 0 Å². The third kappa shape index (κ3) is 4.07. The highest BCUT2D eigenvalue weighted by molar-refractivity contribution is 5.91. The predicted molar refractivity (Wildman–Crippen MR) is 93.9 cm³/mol. The van der Waals surface area contributed by atoms with Crippen molar-refractivity contribution >= 4 is 5.91 Å². The first kappa shape index (κ1) is 17.9. The molecule has 28 heavy (non-hydrogen) atoms. The average molecular weight is 386 g/mol. The molecule has 10 heteroatoms. The Bertz CT molecular complexity index is 967. The molecular formula is C18H18N4O6. The number of benzene rings is 1. The summed E-state index contributed by atoms with van der Waals surface area (Å²) < 4.78 is 26.5. The van der Waals surface area contributed by atoms with E-state index in [1.807, 2.05) is 6.07 Å². The van der Waals surface area contributed by atoms with Gasteiger partial charge in [0, 0.05) is 13.2 Å². The Morgan fingerprint density at radius 1 is 1.25 bits per heavy atom. The largest absolute Gasteiger partial charge is 0.484 e. The first-order chi connectivity index (χ1) is 13.7. The summed E-state index contributed by atoms with van der Waals surface area (Å²) >= 11 is 0. The van der Waals surface area contributed by atoms with Gasteiger partial charge < -0.3 is 28.7 Å². The monoisotopic (exact) mass is 386 g/mol. The van der Waals surface area contributed by atoms with Crippen molar-refractivity contribution in [2.24, 2.45) is 0 Å². The van der Waals surface area contributed by atoms with Gasteiger partial charge in [-0.15, -0.1) is 0 Å². The molecule has 10 nitrogen and oxygen atoms in total. The minimum Gasteiger partial charge on any atom is -0.484 e. The number of carbonyl (C=O) groups is 1. The van der Waals surface area contributed by atoms with Crippen LogP contribution in [0.5, 0.6) is 17.2 Å². The van der Waals surface area contributed by atoms with Gasteiger partial charge >= 0.3 is 0 Å². The van der Waals surface area contributed by atoms with Crippen molar-refractivity contribution in [2.45, 2.75) is 19.8 Å². The summed E-state index contributed by atoms with van der Waals surface area (Å²) in [5.74, 6) is 1.80. The lowest BCUT2D eigenvalue weighted by atomic mass is 10.3. The molecule has 0 radical (unpaired) electrons. The van der Waals surface area contributed by atoms with Crippen LogP contribution in [0.25, 0.3) is 0 Å². The number of nitrogens with zero attached hydrogens (tertiary/aromatic N) is 2. The number of aromatic amines is 1. The molecule has 0 bridgehead atoms. The van der Waals surface area contributed by atoms with Gasteiger partial charge in [0.25, 0.3) is 5.91 Å². The number of oxazole rings is 1. The highest BCUT2D eigenvalue weighted by atomic mass is 16.7. The van der Waals surface area contributed by atoms with Crippen LogP contribution in [0.1, 0.15) is 27.8 Å². The SMILES string of the molecule is COCc1cc(CNC(=O)c2coc(COc3ccc4c(c3)OCO4)n2)[nH]n1. The van der Waals surface area contributed by atoms with Crippen LogP contribution in [-0.2, 0) is 24.5 Å². The summed E-state index contributed by atoms with van der Waals surface area (Å²) in [5.41, 5.74) is 1.69. The van der Waals surface area contributed by atoms with Crippen molar-refractivity contribution in [1.29, 1.82) is 0 Å². The standard InChI is InChI=1S/C18H18N4O6/c1-24-7-12-4-11(21-22-12)6-19-18(23)14-8-26-17(20-14)9-25-13-2-3-15-16(5-13)28-10-27-15/h2-5,8H,6-7,9-10H2,1H3,(H,19,23)(H,21,22). The van der Waals surface area contributed by atoms with E-state index >= 15 is 0 Å². The molecule has 2 aromatic heterocycles. The van der Waals surface area contributed by atoms with E-state index in [-0.39, 0.29) is 37.4 Å². The Morgan fingerprint density at radius 2 is 2.14 bits per heavy atom. The topological polar surface area (TPSA) is 121 Å². The number of methoxy groups -OCH3 is 1. The van der Waals surface area contributed by atoms with Gasteiger partial charge in [-0.05, 0) is 18.2 Å². The molecule has 0 aliphatic carbocycles. The Morgan fingerprint density at radius 3 is 3.04 bits per heavy atom. The van der Waals surface area contributed by atoms with Crippen LogP contribution in [0.2, 0.25) is 0 Å². The third-order valence-electron chi connectivity index (χ3n) is 3.91. The Kier molecular flexibility index (Phi) is 5.11. The first-order valence-corrected chi connectivity index (χ1v) is 8.48. The van der Waals surface area contributed by atoms with Crippen LogP contribution in [-0.4, -0.2) is 35.0 Å². The maximum atomic E-state index is 12.2. The molecule has 2 N–H and O–H groups in total. The summed E-state index contributed by atoms with van der Waals surface area (Å²) in [6.07, 6.45) is 1.29. The Labute approximate surface area is 159 Å². The van der Waals surface area contributed by atoms with Crippen LogP contribution in [0.15, 0.2) is 34.9 Å². The van der Waals surface area contributed by atoms with Gasteiger partial charge in [-0.25, -0.2) is 4.98 Å². The van der Waals surface area contributed by atoms with Crippen LogP contribution in [0, 0.1) is 0 Å². The summed E-state index contributed by atoms with van der Waals surface area (Å²) in [6.45, 7) is 0.961. The van der Waals surface area contributed by atoms with Crippen molar-refractivity contribution < 1.29 is 28.2 Å². The number of carbonyl (C=O) groups excluding carboxylic acids is 1. The van der Waals surface area contributed by atoms with E-state index in [0.717, 1.165) is 11.4 Å². The fraction of sp³-hybridized carbons (Fsp3) is 0.278. The highest BCUT2D eigenvalue weighted by Gasteiger charge is 2.15. The zero-order valence-electron chi connectivity index (χ0n) is 15.1. The number of hydrogen-bond acceptors (Lipinski definition) is 8. The lowest BCUT2D eigenvalue weighted by molar-refractivity contribution is 0.0945. The van der Waals surface area contributed by atoms with E-state index in [4.69, 9.17) is 23.4 Å². The normalized spacial score (nSPS) is 12.2. The zero-order valence-corrected chi connectivity index (χ0v) is 15.1. The van der Waals surface area contributed by atoms with Gasteiger partial charge in [0.1, 0.15) is 12.0 Å². The third-order valence-corrected chi connectivity index (χ3v) is 3.91. The molecule has 0 saturated carbocycles. The highest BCUT2D eigenvalue weighted by Crippen LogP contribution is 2.35. The molecule has 1 amide bonds. The van der Waals surface area contributed by atoms with Gasteiger partial charge in [-0.3, -0.25) is 9.89 Å². The molecule has 4 rings (SSSR count). The van der Waals surface area contributed by atoms with Gasteiger partial charge in [0.05, 0.1) is 24.5 Å². The molecule has 146 valence electrons. The Hall–Kier alpha value is -3.53. The van der Waals surface area contributed by atoms with Crippen LogP contribution in [0.3, 0.4) is 0 Å². The number of amides is 1. The Balaban J connectivity index is 1.29. The van der Waals surface area contributed by atoms with E-state index in [9.17, 15) is 4.79 Å². The summed E-state index contributed by atoms with van der Waals surface area (Å²) in [4.78, 5) is 16.3. The lowest BCUT2D eigenvalue weighted by Crippen LogP contribution is -2.23. The van der Waals surface area contributed by atoms with Gasteiger partial charge in [-0.2, -0.15) is 5.10 Å². The van der Waals surface area contributed by atoms with Crippen molar-refractivity contribution in [3.05, 3.63) is 53.5 Å². The maximum absolute atomic E-state index is 12.2. The molecule has 1 aliphatic heterocycles. The molecular weight excluding hydrogens is 368 g/mol. The van der Waals surface area contributed by atoms with E-state index in [1.54, 1.807) is 25.3 Å². The van der Waals surface area contributed by atoms with Gasteiger partial charge in [0.15, 0.2) is 23.8 Å². The summed E-state index contributed by atoms with van der Waals surface area (Å²) in [5, 5.41) is 9.64. The number of H-pyrrole nitrogens is 1. The van der Waals surface area contributed by atoms with Crippen molar-refractivity contribution in [1.82, 2.24) is 20.5 Å². The summed E-state index contributed by atoms with van der Waals surface area (Å²) in [7, 11) is 1.59. The number of rotatable bonds is 8. The summed E-state index contributed by atoms with van der Waals surface area (Å²) in [6, 6.07) is 7.06. The molecule has 3 aromatic rings. The predicted octanol–water partition coefficient (Wildman–Crippen LogP) is 1.78. The molecule has 1 aliphatic rings. The molecule has 0 atom stereocenters. The number of aromatic nitrogens is 3. The lowest BCUT2D eigenvalue weighted by Gasteiger charge is -2.04. The van der Waals surface area contributed by atoms with E-state index < -0.39 is 0 Å². The van der Waals surface area contributed by atoms with Crippen LogP contribution >= 0.6 is 0 Å². The number of nitrogens with one attached hydrogen (secondary N) is 2. The molecule has 0 saturated heterocycles. The minimum absolute atomic E-state index is 0.0772. The van der Waals surface area contributed by atoms with Crippen molar-refractivity contribution in [3.8, 4) is 17.2 Å². The van der Waals surface area contributed by atoms with Crippen LogP contribution < -0.4 is 19.5 Å². The molecule has 3 heterocycles. The molecule has 0 fully saturated rings. The van der Waals surface area contributed by atoms with Gasteiger partial charge in [0.2, 0.25) is 12.7 Å². The van der Waals surface area contributed by atoms with E-state index in [2.05, 4.69) is 20.5 Å².